The Bertz CT molecular complexity index is 556. The normalized spacial score (nSPS) is 19.5. The first-order valence-electron chi connectivity index (χ1n) is 7.56. The topological polar surface area (TPSA) is 65.4 Å². The van der Waals surface area contributed by atoms with Crippen LogP contribution in [0.3, 0.4) is 0 Å². The van der Waals surface area contributed by atoms with Crippen molar-refractivity contribution in [1.82, 2.24) is 10.2 Å². The molecule has 2 heterocycles. The molecule has 0 spiro atoms. The van der Waals surface area contributed by atoms with Crippen LogP contribution in [0.2, 0.25) is 0 Å². The van der Waals surface area contributed by atoms with E-state index in [1.807, 2.05) is 32.9 Å². The highest BCUT2D eigenvalue weighted by atomic mass is 32.1. The number of nitriles is 1. The summed E-state index contributed by atoms with van der Waals surface area (Å²) in [7, 11) is 0. The van der Waals surface area contributed by atoms with Crippen molar-refractivity contribution in [2.75, 3.05) is 13.1 Å². The number of alkyl carbamates (subject to hydrolysis) is 1. The molecule has 1 atom stereocenters. The number of thiophene rings is 1. The van der Waals surface area contributed by atoms with Gasteiger partial charge in [0.15, 0.2) is 0 Å². The number of piperidine rings is 1. The van der Waals surface area contributed by atoms with Gasteiger partial charge in [0.25, 0.3) is 0 Å². The zero-order valence-corrected chi connectivity index (χ0v) is 14.2. The lowest BCUT2D eigenvalue weighted by Gasteiger charge is -2.33. The smallest absolute Gasteiger partial charge is 0.407 e. The molecule has 0 unspecified atom stereocenters. The van der Waals surface area contributed by atoms with E-state index in [1.54, 1.807) is 0 Å². The van der Waals surface area contributed by atoms with Gasteiger partial charge in [-0.25, -0.2) is 4.79 Å². The summed E-state index contributed by atoms with van der Waals surface area (Å²) in [5, 5.41) is 11.8. The highest BCUT2D eigenvalue weighted by Crippen LogP contribution is 2.20. The predicted molar refractivity (Wildman–Crippen MR) is 86.7 cm³/mol. The number of carbonyl (C=O) groups excluding carboxylic acids is 1. The van der Waals surface area contributed by atoms with Gasteiger partial charge in [-0.15, -0.1) is 11.3 Å². The second kappa shape index (κ2) is 7.12. The summed E-state index contributed by atoms with van der Waals surface area (Å²) in [6.07, 6.45) is 1.68. The van der Waals surface area contributed by atoms with Crippen LogP contribution in [0.25, 0.3) is 0 Å². The Balaban J connectivity index is 1.84. The second-order valence-electron chi connectivity index (χ2n) is 6.60. The molecule has 5 nitrogen and oxygen atoms in total. The van der Waals surface area contributed by atoms with E-state index < -0.39 is 5.60 Å². The molecule has 1 aliphatic heterocycles. The van der Waals surface area contributed by atoms with Crippen molar-refractivity contribution in [3.05, 3.63) is 21.9 Å². The van der Waals surface area contributed by atoms with Gasteiger partial charge < -0.3 is 10.1 Å². The van der Waals surface area contributed by atoms with Crippen LogP contribution in [0.1, 0.15) is 43.4 Å². The molecule has 1 N–H and O–H groups in total. The van der Waals surface area contributed by atoms with E-state index in [1.165, 1.54) is 16.2 Å². The van der Waals surface area contributed by atoms with E-state index in [2.05, 4.69) is 16.3 Å². The largest absolute Gasteiger partial charge is 0.444 e. The summed E-state index contributed by atoms with van der Waals surface area (Å²) in [6, 6.07) is 6.16. The Morgan fingerprint density at radius 1 is 1.55 bits per heavy atom. The average Bonchev–Trinajstić information content (AvgIpc) is 2.84. The van der Waals surface area contributed by atoms with Crippen LogP contribution in [0.15, 0.2) is 12.1 Å². The maximum atomic E-state index is 11.8. The van der Waals surface area contributed by atoms with Gasteiger partial charge in [-0.1, -0.05) is 0 Å². The Hall–Kier alpha value is -1.58. The summed E-state index contributed by atoms with van der Waals surface area (Å²) in [5.74, 6) is 0. The van der Waals surface area contributed by atoms with Gasteiger partial charge in [0.2, 0.25) is 0 Å². The maximum absolute atomic E-state index is 11.8. The monoisotopic (exact) mass is 321 g/mol. The molecule has 1 amide bonds. The molecule has 6 heteroatoms. The van der Waals surface area contributed by atoms with E-state index in [0.29, 0.717) is 0 Å². The van der Waals surface area contributed by atoms with E-state index in [0.717, 1.165) is 37.4 Å². The maximum Gasteiger partial charge on any atom is 0.407 e. The third-order valence-electron chi connectivity index (χ3n) is 3.38. The van der Waals surface area contributed by atoms with Gasteiger partial charge in [0, 0.05) is 24.0 Å². The van der Waals surface area contributed by atoms with E-state index in [4.69, 9.17) is 10.00 Å². The number of nitrogens with one attached hydrogen (secondary N) is 1. The number of hydrogen-bond acceptors (Lipinski definition) is 5. The molecule has 0 saturated carbocycles. The zero-order chi connectivity index (χ0) is 16.2. The Labute approximate surface area is 135 Å². The van der Waals surface area contributed by atoms with Crippen molar-refractivity contribution in [3.63, 3.8) is 0 Å². The molecule has 22 heavy (non-hydrogen) atoms. The molecular weight excluding hydrogens is 298 g/mol. The van der Waals surface area contributed by atoms with Crippen LogP contribution in [0.4, 0.5) is 4.79 Å². The van der Waals surface area contributed by atoms with Gasteiger partial charge in [0.05, 0.1) is 0 Å². The highest BCUT2D eigenvalue weighted by Gasteiger charge is 2.24. The van der Waals surface area contributed by atoms with E-state index >= 15 is 0 Å². The van der Waals surface area contributed by atoms with Crippen molar-refractivity contribution >= 4 is 17.4 Å². The SMILES string of the molecule is CC(C)(C)OC(=O)N[C@@H]1CCCN(Cc2ccc(C#N)s2)C1. The number of hydrogen-bond donors (Lipinski definition) is 1. The van der Waals surface area contributed by atoms with Crippen molar-refractivity contribution in [2.24, 2.45) is 0 Å². The zero-order valence-electron chi connectivity index (χ0n) is 13.4. The molecule has 2 rings (SSSR count). The quantitative estimate of drug-likeness (QED) is 0.929. The minimum absolute atomic E-state index is 0.124. The summed E-state index contributed by atoms with van der Waals surface area (Å²) in [5.41, 5.74) is -0.469. The number of rotatable bonds is 3. The van der Waals surface area contributed by atoms with Crippen LogP contribution in [0.5, 0.6) is 0 Å². The van der Waals surface area contributed by atoms with Crippen LogP contribution in [-0.4, -0.2) is 35.7 Å². The molecule has 0 aromatic carbocycles. The molecule has 1 aromatic heterocycles. The third kappa shape index (κ3) is 5.32. The summed E-state index contributed by atoms with van der Waals surface area (Å²) in [6.45, 7) is 8.26. The molecule has 120 valence electrons. The Kier molecular flexibility index (Phi) is 5.43. The first kappa shape index (κ1) is 16.8. The predicted octanol–water partition coefficient (Wildman–Crippen LogP) is 3.11. The molecule has 1 saturated heterocycles. The first-order chi connectivity index (χ1) is 10.4. The van der Waals surface area contributed by atoms with Crippen molar-refractivity contribution in [1.29, 1.82) is 5.26 Å². The van der Waals surface area contributed by atoms with Gasteiger partial charge in [-0.05, 0) is 52.3 Å². The standard InChI is InChI=1S/C16H23N3O2S/c1-16(2,3)21-15(20)18-12-5-4-8-19(10-12)11-14-7-6-13(9-17)22-14/h6-7,12H,4-5,8,10-11H2,1-3H3,(H,18,20)/t12-/m1/s1. The molecule has 0 radical (unpaired) electrons. The van der Waals surface area contributed by atoms with Crippen molar-refractivity contribution < 1.29 is 9.53 Å². The number of amides is 1. The fourth-order valence-electron chi connectivity index (χ4n) is 2.53. The van der Waals surface area contributed by atoms with Crippen LogP contribution in [-0.2, 0) is 11.3 Å². The second-order valence-corrected chi connectivity index (χ2v) is 7.77. The van der Waals surface area contributed by atoms with Crippen LogP contribution < -0.4 is 5.32 Å². The lowest BCUT2D eigenvalue weighted by atomic mass is 10.1. The van der Waals surface area contributed by atoms with Crippen molar-refractivity contribution in [3.8, 4) is 6.07 Å². The molecule has 1 fully saturated rings. The Morgan fingerprint density at radius 2 is 2.32 bits per heavy atom. The molecular formula is C16H23N3O2S. The molecule has 0 aliphatic carbocycles. The van der Waals surface area contributed by atoms with Crippen LogP contribution in [0, 0.1) is 11.3 Å². The summed E-state index contributed by atoms with van der Waals surface area (Å²) >= 11 is 1.53. The lowest BCUT2D eigenvalue weighted by molar-refractivity contribution is 0.0470. The Morgan fingerprint density at radius 3 is 2.95 bits per heavy atom. The minimum Gasteiger partial charge on any atom is -0.444 e. The third-order valence-corrected chi connectivity index (χ3v) is 4.35. The summed E-state index contributed by atoms with van der Waals surface area (Å²) in [4.78, 5) is 16.1. The van der Waals surface area contributed by atoms with E-state index in [-0.39, 0.29) is 12.1 Å². The number of carbonyl (C=O) groups is 1. The van der Waals surface area contributed by atoms with Crippen LogP contribution >= 0.6 is 11.3 Å². The number of nitrogens with zero attached hydrogens (tertiary/aromatic N) is 2. The van der Waals surface area contributed by atoms with E-state index in [9.17, 15) is 4.79 Å². The lowest BCUT2D eigenvalue weighted by Crippen LogP contribution is -2.48. The number of ether oxygens (including phenoxy) is 1. The number of likely N-dealkylation sites (tertiary alicyclic amines) is 1. The van der Waals surface area contributed by atoms with Gasteiger partial charge in [-0.3, -0.25) is 4.90 Å². The van der Waals surface area contributed by atoms with Gasteiger partial charge >= 0.3 is 6.09 Å². The highest BCUT2D eigenvalue weighted by molar-refractivity contribution is 7.12. The van der Waals surface area contributed by atoms with Gasteiger partial charge in [0.1, 0.15) is 16.5 Å². The average molecular weight is 321 g/mol. The molecule has 1 aliphatic rings. The molecule has 0 bridgehead atoms. The molecule has 1 aromatic rings. The summed E-state index contributed by atoms with van der Waals surface area (Å²) < 4.78 is 5.31. The first-order valence-corrected chi connectivity index (χ1v) is 8.38. The fraction of sp³-hybridized carbons (Fsp3) is 0.625. The van der Waals surface area contributed by atoms with Gasteiger partial charge in [-0.2, -0.15) is 5.26 Å². The van der Waals surface area contributed by atoms with Crippen molar-refractivity contribution in [2.45, 2.75) is 51.8 Å². The minimum atomic E-state index is -0.469. The fourth-order valence-corrected chi connectivity index (χ4v) is 3.38.